The molecule has 1 atom stereocenters. The number of anilines is 1. The Labute approximate surface area is 223 Å². The van der Waals surface area contributed by atoms with Crippen LogP contribution in [0.4, 0.5) is 14.6 Å². The Kier molecular flexibility index (Phi) is 6.15. The van der Waals surface area contributed by atoms with Crippen LogP contribution in [0.15, 0.2) is 67.7 Å². The molecule has 5 heterocycles. The zero-order valence-electron chi connectivity index (χ0n) is 21.6. The monoisotopic (exact) mass is 527 g/mol. The van der Waals surface area contributed by atoms with Crippen molar-refractivity contribution in [2.24, 2.45) is 5.73 Å². The normalized spacial score (nSPS) is 15.4. The molecule has 1 aliphatic heterocycles. The fourth-order valence-electron chi connectivity index (χ4n) is 4.90. The van der Waals surface area contributed by atoms with Gasteiger partial charge in [0.1, 0.15) is 23.5 Å². The number of halogens is 2. The Morgan fingerprint density at radius 3 is 2.51 bits per heavy atom. The Balaban J connectivity index is 1.21. The number of fused-ring (bicyclic) bond motifs is 1. The van der Waals surface area contributed by atoms with Crippen LogP contribution in [-0.4, -0.2) is 47.4 Å². The van der Waals surface area contributed by atoms with Crippen molar-refractivity contribution in [3.8, 4) is 11.1 Å². The van der Waals surface area contributed by atoms with Gasteiger partial charge in [-0.05, 0) is 38.0 Å². The van der Waals surface area contributed by atoms with Gasteiger partial charge >= 0.3 is 0 Å². The van der Waals surface area contributed by atoms with Gasteiger partial charge in [-0.2, -0.15) is 10.2 Å². The molecule has 6 rings (SSSR count). The summed E-state index contributed by atoms with van der Waals surface area (Å²) in [7, 11) is 0. The summed E-state index contributed by atoms with van der Waals surface area (Å²) in [6, 6.07) is 5.46. The Hall–Kier alpha value is -4.51. The molecular formula is C28H27F2N9. The van der Waals surface area contributed by atoms with Crippen LogP contribution in [-0.2, 0) is 12.1 Å². The third kappa shape index (κ3) is 4.54. The summed E-state index contributed by atoms with van der Waals surface area (Å²) in [5.74, 6) is 0.0931. The van der Waals surface area contributed by atoms with Crippen molar-refractivity contribution >= 4 is 16.9 Å². The minimum absolute atomic E-state index is 0.177. The number of nitrogens with zero attached hydrogens (tertiary/aromatic N) is 8. The van der Waals surface area contributed by atoms with E-state index in [-0.39, 0.29) is 5.56 Å². The average Bonchev–Trinajstić information content (AvgIpc) is 3.60. The van der Waals surface area contributed by atoms with Gasteiger partial charge in [-0.1, -0.05) is 12.1 Å². The lowest BCUT2D eigenvalue weighted by Crippen LogP contribution is -2.35. The zero-order chi connectivity index (χ0) is 27.1. The summed E-state index contributed by atoms with van der Waals surface area (Å²) in [4.78, 5) is 15.8. The molecule has 0 unspecified atom stereocenters. The van der Waals surface area contributed by atoms with Gasteiger partial charge in [-0.25, -0.2) is 28.2 Å². The lowest BCUT2D eigenvalue weighted by molar-refractivity contribution is 0.515. The Morgan fingerprint density at radius 2 is 1.82 bits per heavy atom. The summed E-state index contributed by atoms with van der Waals surface area (Å²) >= 11 is 0. The third-order valence-corrected chi connectivity index (χ3v) is 7.21. The van der Waals surface area contributed by atoms with Gasteiger partial charge in [-0.3, -0.25) is 4.68 Å². The predicted octanol–water partition coefficient (Wildman–Crippen LogP) is 4.20. The van der Waals surface area contributed by atoms with Gasteiger partial charge in [0.2, 0.25) is 0 Å². The SMILES string of the molecule is CCn1cc(-c2cc3c(N4CC=C(c5ncc([C@](C)(N)c6ccc(F)cc6F)cn5)CC4)ncnn3c2)cn1. The van der Waals surface area contributed by atoms with E-state index in [4.69, 9.17) is 5.73 Å². The maximum absolute atomic E-state index is 14.4. The Bertz CT molecular complexity index is 1690. The van der Waals surface area contributed by atoms with Crippen LogP contribution in [0.2, 0.25) is 0 Å². The molecule has 0 aliphatic carbocycles. The van der Waals surface area contributed by atoms with Gasteiger partial charge in [0.25, 0.3) is 0 Å². The first-order valence-corrected chi connectivity index (χ1v) is 12.7. The minimum Gasteiger partial charge on any atom is -0.351 e. The van der Waals surface area contributed by atoms with Gasteiger partial charge in [0.15, 0.2) is 11.6 Å². The highest BCUT2D eigenvalue weighted by Crippen LogP contribution is 2.31. The summed E-state index contributed by atoms with van der Waals surface area (Å²) in [5.41, 5.74) is 9.93. The molecule has 0 radical (unpaired) electrons. The van der Waals surface area contributed by atoms with E-state index in [2.05, 4.69) is 49.1 Å². The molecule has 198 valence electrons. The number of hydrogen-bond acceptors (Lipinski definition) is 7. The molecule has 39 heavy (non-hydrogen) atoms. The molecule has 2 N–H and O–H groups in total. The maximum Gasteiger partial charge on any atom is 0.156 e. The summed E-state index contributed by atoms with van der Waals surface area (Å²) < 4.78 is 31.5. The molecule has 0 saturated carbocycles. The fourth-order valence-corrected chi connectivity index (χ4v) is 4.90. The molecule has 0 fully saturated rings. The molecule has 1 aromatic carbocycles. The number of hydrogen-bond donors (Lipinski definition) is 1. The van der Waals surface area contributed by atoms with Crippen molar-refractivity contribution in [3.05, 3.63) is 96.2 Å². The maximum atomic E-state index is 14.4. The number of benzene rings is 1. The molecule has 0 saturated heterocycles. The predicted molar refractivity (Wildman–Crippen MR) is 144 cm³/mol. The zero-order valence-corrected chi connectivity index (χ0v) is 21.6. The first kappa shape index (κ1) is 24.8. The fraction of sp³-hybridized carbons (Fsp3) is 0.250. The van der Waals surface area contributed by atoms with Crippen molar-refractivity contribution in [2.75, 3.05) is 18.0 Å². The van der Waals surface area contributed by atoms with E-state index >= 15 is 0 Å². The first-order valence-electron chi connectivity index (χ1n) is 12.7. The van der Waals surface area contributed by atoms with Crippen LogP contribution in [0.3, 0.4) is 0 Å². The van der Waals surface area contributed by atoms with Crippen molar-refractivity contribution in [1.82, 2.24) is 34.3 Å². The first-order chi connectivity index (χ1) is 18.8. The number of rotatable bonds is 6. The highest BCUT2D eigenvalue weighted by atomic mass is 19.1. The molecular weight excluding hydrogens is 500 g/mol. The van der Waals surface area contributed by atoms with Crippen molar-refractivity contribution in [1.29, 1.82) is 0 Å². The molecule has 9 nitrogen and oxygen atoms in total. The summed E-state index contributed by atoms with van der Waals surface area (Å²) in [6.07, 6.45) is 13.5. The summed E-state index contributed by atoms with van der Waals surface area (Å²) in [5, 5.41) is 8.77. The second-order valence-corrected chi connectivity index (χ2v) is 9.77. The second kappa shape index (κ2) is 9.66. The molecule has 11 heteroatoms. The van der Waals surface area contributed by atoms with E-state index in [9.17, 15) is 8.78 Å². The molecule has 5 aromatic rings. The lowest BCUT2D eigenvalue weighted by Gasteiger charge is -2.28. The number of aryl methyl sites for hydroxylation is 1. The van der Waals surface area contributed by atoms with E-state index in [1.165, 1.54) is 12.1 Å². The second-order valence-electron chi connectivity index (χ2n) is 9.77. The number of aromatic nitrogens is 7. The quantitative estimate of drug-likeness (QED) is 0.353. The van der Waals surface area contributed by atoms with Gasteiger partial charge in [-0.15, -0.1) is 0 Å². The van der Waals surface area contributed by atoms with E-state index in [1.807, 2.05) is 27.8 Å². The van der Waals surface area contributed by atoms with Gasteiger partial charge in [0.05, 0.1) is 11.7 Å². The van der Waals surface area contributed by atoms with Gasteiger partial charge in [0, 0.05) is 72.7 Å². The lowest BCUT2D eigenvalue weighted by atomic mass is 9.87. The molecule has 0 bridgehead atoms. The van der Waals surface area contributed by atoms with Crippen LogP contribution in [0, 0.1) is 11.6 Å². The van der Waals surface area contributed by atoms with E-state index in [0.717, 1.165) is 53.6 Å². The highest BCUT2D eigenvalue weighted by Gasteiger charge is 2.28. The van der Waals surface area contributed by atoms with Crippen molar-refractivity contribution in [2.45, 2.75) is 32.4 Å². The van der Waals surface area contributed by atoms with E-state index < -0.39 is 17.2 Å². The van der Waals surface area contributed by atoms with Crippen molar-refractivity contribution in [3.63, 3.8) is 0 Å². The van der Waals surface area contributed by atoms with Crippen molar-refractivity contribution < 1.29 is 8.78 Å². The Morgan fingerprint density at radius 1 is 1.00 bits per heavy atom. The van der Waals surface area contributed by atoms with Gasteiger partial charge < -0.3 is 10.6 Å². The third-order valence-electron chi connectivity index (χ3n) is 7.21. The number of nitrogens with two attached hydrogens (primary N) is 1. The molecule has 0 amide bonds. The van der Waals surface area contributed by atoms with Crippen LogP contribution in [0.5, 0.6) is 0 Å². The smallest absolute Gasteiger partial charge is 0.156 e. The summed E-state index contributed by atoms with van der Waals surface area (Å²) in [6.45, 7) is 5.89. The van der Waals surface area contributed by atoms with Crippen LogP contribution >= 0.6 is 0 Å². The molecule has 4 aromatic heterocycles. The average molecular weight is 528 g/mol. The molecule has 1 aliphatic rings. The minimum atomic E-state index is -1.21. The standard InChI is InChI=1S/C28H27F2N9/c1-3-38-15-20(12-35-38)19-10-25-27(34-17-36-39(25)16-19)37-8-6-18(7-9-37)26-32-13-21(14-33-26)28(2,31)23-5-4-22(29)11-24(23)30/h4-6,10-17H,3,7-9,31H2,1-2H3/t28-/m0/s1. The van der Waals surface area contributed by atoms with Crippen LogP contribution in [0.1, 0.15) is 37.2 Å². The molecule has 0 spiro atoms. The highest BCUT2D eigenvalue weighted by molar-refractivity contribution is 5.78. The largest absolute Gasteiger partial charge is 0.351 e. The van der Waals surface area contributed by atoms with Crippen LogP contribution in [0.25, 0.3) is 22.2 Å². The van der Waals surface area contributed by atoms with Crippen LogP contribution < -0.4 is 10.6 Å². The van der Waals surface area contributed by atoms with E-state index in [1.54, 1.807) is 25.6 Å². The topological polar surface area (TPSA) is 103 Å². The van der Waals surface area contributed by atoms with E-state index in [0.29, 0.717) is 17.9 Å².